The summed E-state index contributed by atoms with van der Waals surface area (Å²) in [5, 5.41) is 9.86. The second kappa shape index (κ2) is 18.1. The molecule has 10 heteroatoms. The average Bonchev–Trinajstić information content (AvgIpc) is 3.53. The van der Waals surface area contributed by atoms with Crippen molar-refractivity contribution in [2.75, 3.05) is 6.54 Å². The third-order valence-corrected chi connectivity index (χ3v) is 10.2. The minimum atomic E-state index is -0.928. The van der Waals surface area contributed by atoms with Gasteiger partial charge in [-0.05, 0) is 65.3 Å². The van der Waals surface area contributed by atoms with Gasteiger partial charge in [-0.1, -0.05) is 121 Å². The molecule has 0 radical (unpaired) electrons. The van der Waals surface area contributed by atoms with Gasteiger partial charge in [-0.15, -0.1) is 0 Å². The maximum Gasteiger partial charge on any atom is 0.407 e. The van der Waals surface area contributed by atoms with Crippen LogP contribution in [0.15, 0.2) is 140 Å². The van der Waals surface area contributed by atoms with Gasteiger partial charge in [0.2, 0.25) is 11.8 Å². The summed E-state index contributed by atoms with van der Waals surface area (Å²) in [6.45, 7) is 0.964. The number of para-hydroxylation sites is 1. The lowest BCUT2D eigenvalue weighted by Gasteiger charge is -2.32. The SMILES string of the molecule is O=C(NCCCC[C@@H](C(=O)NCc1ccccc1)N1Cc2[nH]c3ccccc3c2C[C@@H](NC(=O)c2ccc(-c3ccccc3)cc2)C1=O)OCc1ccccc1. The lowest BCUT2D eigenvalue weighted by Crippen LogP contribution is -2.55. The predicted molar refractivity (Wildman–Crippen MR) is 216 cm³/mol. The molecule has 4 N–H and O–H groups in total. The molecule has 56 heavy (non-hydrogen) atoms. The molecule has 5 aromatic carbocycles. The highest BCUT2D eigenvalue weighted by molar-refractivity contribution is 5.99. The highest BCUT2D eigenvalue weighted by Crippen LogP contribution is 2.30. The predicted octanol–water partition coefficient (Wildman–Crippen LogP) is 7.30. The van der Waals surface area contributed by atoms with Crippen molar-refractivity contribution in [3.8, 4) is 11.1 Å². The smallest absolute Gasteiger partial charge is 0.407 e. The summed E-state index contributed by atoms with van der Waals surface area (Å²) >= 11 is 0. The van der Waals surface area contributed by atoms with E-state index in [0.29, 0.717) is 37.9 Å². The number of unbranched alkanes of at least 4 members (excludes halogenated alkanes) is 1. The van der Waals surface area contributed by atoms with Crippen molar-refractivity contribution in [3.05, 3.63) is 167 Å². The van der Waals surface area contributed by atoms with Crippen molar-refractivity contribution in [2.24, 2.45) is 0 Å². The standard InChI is InChI=1S/C46H45N5O5/c52-43(36-25-23-35(24-26-36)34-18-8-3-9-19-34)50-40-28-38-37-20-10-11-21-39(37)49-41(38)30-51(45(40)54)42(44(53)48-29-32-14-4-1-5-15-32)22-12-13-27-47-46(55)56-31-33-16-6-2-7-17-33/h1-11,14-21,23-26,40,42,49H,12-13,22,27-31H2,(H,47,55)(H,48,53)(H,50,52)/t40-,42+/m1/s1. The Kier molecular flexibility index (Phi) is 12.2. The van der Waals surface area contributed by atoms with Crippen molar-refractivity contribution >= 4 is 34.7 Å². The van der Waals surface area contributed by atoms with Gasteiger partial charge in [-0.2, -0.15) is 0 Å². The summed E-state index contributed by atoms with van der Waals surface area (Å²) in [6, 6.07) is 42.4. The van der Waals surface area contributed by atoms with Crippen LogP contribution in [-0.4, -0.2) is 52.3 Å². The van der Waals surface area contributed by atoms with Crippen LogP contribution in [0.25, 0.3) is 22.0 Å². The molecule has 4 amide bonds. The van der Waals surface area contributed by atoms with Gasteiger partial charge >= 0.3 is 6.09 Å². The number of hydrogen-bond donors (Lipinski definition) is 4. The number of alkyl carbamates (subject to hydrolysis) is 1. The van der Waals surface area contributed by atoms with Crippen LogP contribution in [0.1, 0.15) is 52.0 Å². The number of ether oxygens (including phenoxy) is 1. The third-order valence-electron chi connectivity index (χ3n) is 10.2. The Morgan fingerprint density at radius 1 is 0.732 bits per heavy atom. The molecular weight excluding hydrogens is 703 g/mol. The molecule has 0 saturated heterocycles. The molecule has 1 aliphatic heterocycles. The number of carbonyl (C=O) groups excluding carboxylic acids is 4. The summed E-state index contributed by atoms with van der Waals surface area (Å²) in [6.07, 6.45) is 1.17. The molecule has 284 valence electrons. The molecule has 1 aromatic heterocycles. The summed E-state index contributed by atoms with van der Waals surface area (Å²) in [7, 11) is 0. The van der Waals surface area contributed by atoms with Gasteiger partial charge in [-0.3, -0.25) is 14.4 Å². The first-order chi connectivity index (χ1) is 27.4. The van der Waals surface area contributed by atoms with Gasteiger partial charge in [0.25, 0.3) is 5.91 Å². The molecule has 1 aliphatic rings. The Balaban J connectivity index is 1.09. The van der Waals surface area contributed by atoms with E-state index in [1.54, 1.807) is 17.0 Å². The molecule has 0 saturated carbocycles. The Hall–Kier alpha value is -6.68. The molecule has 6 aromatic rings. The minimum Gasteiger partial charge on any atom is -0.445 e. The number of carbonyl (C=O) groups is 4. The molecule has 7 rings (SSSR count). The largest absolute Gasteiger partial charge is 0.445 e. The van der Waals surface area contributed by atoms with Crippen LogP contribution in [0.3, 0.4) is 0 Å². The molecule has 2 atom stereocenters. The number of benzene rings is 5. The normalized spacial score (nSPS) is 14.3. The number of H-pyrrole nitrogens is 1. The van der Waals surface area contributed by atoms with E-state index in [0.717, 1.165) is 44.4 Å². The van der Waals surface area contributed by atoms with Gasteiger partial charge in [-0.25, -0.2) is 4.79 Å². The highest BCUT2D eigenvalue weighted by atomic mass is 16.5. The molecule has 0 unspecified atom stereocenters. The first kappa shape index (κ1) is 37.6. The molecule has 2 heterocycles. The van der Waals surface area contributed by atoms with Crippen LogP contribution >= 0.6 is 0 Å². The van der Waals surface area contributed by atoms with Crippen molar-refractivity contribution in [2.45, 2.75) is 57.5 Å². The number of aromatic amines is 1. The Bertz CT molecular complexity index is 2260. The molecule has 0 bridgehead atoms. The van der Waals surface area contributed by atoms with Crippen LogP contribution in [-0.2, 0) is 40.4 Å². The fourth-order valence-electron chi connectivity index (χ4n) is 7.19. The Morgan fingerprint density at radius 3 is 2.11 bits per heavy atom. The molecule has 10 nitrogen and oxygen atoms in total. The number of nitrogens with one attached hydrogen (secondary N) is 4. The van der Waals surface area contributed by atoms with Crippen LogP contribution < -0.4 is 16.0 Å². The van der Waals surface area contributed by atoms with Crippen molar-refractivity contribution in [1.82, 2.24) is 25.8 Å². The lowest BCUT2D eigenvalue weighted by molar-refractivity contribution is -0.142. The zero-order valence-corrected chi connectivity index (χ0v) is 31.1. The van der Waals surface area contributed by atoms with Crippen molar-refractivity contribution in [1.29, 1.82) is 0 Å². The number of rotatable bonds is 14. The zero-order chi connectivity index (χ0) is 38.7. The van der Waals surface area contributed by atoms with Gasteiger partial charge in [0.1, 0.15) is 18.7 Å². The second-order valence-corrected chi connectivity index (χ2v) is 14.0. The van der Waals surface area contributed by atoms with Crippen molar-refractivity contribution in [3.63, 3.8) is 0 Å². The van der Waals surface area contributed by atoms with E-state index in [9.17, 15) is 19.2 Å². The summed E-state index contributed by atoms with van der Waals surface area (Å²) in [5.41, 5.74) is 6.95. The van der Waals surface area contributed by atoms with Crippen LogP contribution in [0.2, 0.25) is 0 Å². The van der Waals surface area contributed by atoms with Gasteiger partial charge in [0.05, 0.1) is 6.54 Å². The minimum absolute atomic E-state index is 0.161. The molecule has 0 fully saturated rings. The van der Waals surface area contributed by atoms with E-state index in [2.05, 4.69) is 20.9 Å². The van der Waals surface area contributed by atoms with E-state index >= 15 is 0 Å². The number of aromatic nitrogens is 1. The quantitative estimate of drug-likeness (QED) is 0.0869. The third kappa shape index (κ3) is 9.33. The second-order valence-electron chi connectivity index (χ2n) is 14.0. The van der Waals surface area contributed by atoms with Crippen LogP contribution in [0.4, 0.5) is 4.79 Å². The number of hydrogen-bond acceptors (Lipinski definition) is 5. The molecule has 0 spiro atoms. The van der Waals surface area contributed by atoms with Gasteiger partial charge < -0.3 is 30.6 Å². The zero-order valence-electron chi connectivity index (χ0n) is 31.1. The Morgan fingerprint density at radius 2 is 1.38 bits per heavy atom. The first-order valence-corrected chi connectivity index (χ1v) is 19.0. The summed E-state index contributed by atoms with van der Waals surface area (Å²) < 4.78 is 5.35. The topological polar surface area (TPSA) is 133 Å². The molecule has 0 aliphatic carbocycles. The maximum atomic E-state index is 14.7. The van der Waals surface area contributed by atoms with E-state index in [-0.39, 0.29) is 37.3 Å². The van der Waals surface area contributed by atoms with Crippen LogP contribution in [0.5, 0.6) is 0 Å². The van der Waals surface area contributed by atoms with Gasteiger partial charge in [0, 0.05) is 41.7 Å². The van der Waals surface area contributed by atoms with Crippen molar-refractivity contribution < 1.29 is 23.9 Å². The fraction of sp³-hybridized carbons (Fsp3) is 0.217. The summed E-state index contributed by atoms with van der Waals surface area (Å²) in [4.78, 5) is 60.1. The molecular formula is C46H45N5O5. The van der Waals surface area contributed by atoms with Gasteiger partial charge in [0.15, 0.2) is 0 Å². The summed E-state index contributed by atoms with van der Waals surface area (Å²) in [5.74, 6) is -1.00. The van der Waals surface area contributed by atoms with E-state index < -0.39 is 18.2 Å². The van der Waals surface area contributed by atoms with E-state index in [4.69, 9.17) is 4.74 Å². The Labute approximate surface area is 326 Å². The fourth-order valence-corrected chi connectivity index (χ4v) is 7.19. The van der Waals surface area contributed by atoms with E-state index in [1.807, 2.05) is 127 Å². The average molecular weight is 748 g/mol. The number of fused-ring (bicyclic) bond motifs is 3. The maximum absolute atomic E-state index is 14.7. The van der Waals surface area contributed by atoms with Crippen LogP contribution in [0, 0.1) is 0 Å². The number of amides is 4. The lowest BCUT2D eigenvalue weighted by atomic mass is 10.0. The number of nitrogens with zero attached hydrogens (tertiary/aromatic N) is 1. The van der Waals surface area contributed by atoms with E-state index in [1.165, 1.54) is 0 Å². The highest BCUT2D eigenvalue weighted by Gasteiger charge is 2.38. The monoisotopic (exact) mass is 747 g/mol. The first-order valence-electron chi connectivity index (χ1n) is 19.0.